The minimum absolute atomic E-state index is 0.375. The average molecular weight is 280 g/mol. The summed E-state index contributed by atoms with van der Waals surface area (Å²) < 4.78 is 5.09. The van der Waals surface area contributed by atoms with Crippen molar-refractivity contribution in [2.24, 2.45) is 5.84 Å². The fourth-order valence-corrected chi connectivity index (χ4v) is 2.57. The van der Waals surface area contributed by atoms with Crippen molar-refractivity contribution in [2.75, 3.05) is 44.6 Å². The second-order valence-corrected chi connectivity index (χ2v) is 5.26. The summed E-state index contributed by atoms with van der Waals surface area (Å²) >= 11 is 0. The number of nitrogen functional groups attached to an aromatic ring is 1. The number of hydrogen-bond acceptors (Lipinski definition) is 7. The fourth-order valence-electron chi connectivity index (χ4n) is 2.57. The van der Waals surface area contributed by atoms with Crippen molar-refractivity contribution < 1.29 is 4.74 Å². The lowest BCUT2D eigenvalue weighted by Crippen LogP contribution is -2.37. The predicted molar refractivity (Wildman–Crippen MR) is 79.5 cm³/mol. The highest BCUT2D eigenvalue weighted by atomic mass is 16.5. The molecule has 7 heteroatoms. The van der Waals surface area contributed by atoms with Crippen LogP contribution in [0.25, 0.3) is 0 Å². The molecule has 2 rings (SSSR count). The summed E-state index contributed by atoms with van der Waals surface area (Å²) in [5, 5.41) is 0. The molecule has 7 nitrogen and oxygen atoms in total. The van der Waals surface area contributed by atoms with Gasteiger partial charge in [0.2, 0.25) is 0 Å². The van der Waals surface area contributed by atoms with E-state index in [0.29, 0.717) is 24.3 Å². The van der Waals surface area contributed by atoms with Crippen LogP contribution < -0.4 is 16.2 Å². The molecule has 1 aliphatic heterocycles. The molecule has 0 aromatic carbocycles. The van der Waals surface area contributed by atoms with Crippen LogP contribution in [0.15, 0.2) is 6.07 Å². The molecular formula is C13H24N6O. The first-order valence-electron chi connectivity index (χ1n) is 6.89. The number of nitrogens with one attached hydrogen (secondary N) is 1. The predicted octanol–water partition coefficient (Wildman–Crippen LogP) is 0.439. The Labute approximate surface area is 120 Å². The van der Waals surface area contributed by atoms with Crippen LogP contribution in [-0.4, -0.2) is 55.2 Å². The molecule has 3 N–H and O–H groups in total. The van der Waals surface area contributed by atoms with E-state index >= 15 is 0 Å². The first-order valence-corrected chi connectivity index (χ1v) is 6.89. The molecule has 1 aliphatic rings. The smallest absolute Gasteiger partial charge is 0.158 e. The summed E-state index contributed by atoms with van der Waals surface area (Å²) in [6.07, 6.45) is 2.50. The molecule has 112 valence electrons. The van der Waals surface area contributed by atoms with E-state index < -0.39 is 0 Å². The van der Waals surface area contributed by atoms with E-state index in [1.54, 1.807) is 7.11 Å². The van der Waals surface area contributed by atoms with Crippen molar-refractivity contribution >= 4 is 11.6 Å². The number of hydrazine groups is 1. The molecule has 1 aromatic heterocycles. The van der Waals surface area contributed by atoms with Crippen molar-refractivity contribution in [2.45, 2.75) is 25.5 Å². The van der Waals surface area contributed by atoms with E-state index in [1.165, 1.54) is 19.4 Å². The summed E-state index contributed by atoms with van der Waals surface area (Å²) in [7, 11) is 5.85. The molecule has 0 radical (unpaired) electrons. The van der Waals surface area contributed by atoms with Crippen LogP contribution in [0.3, 0.4) is 0 Å². The zero-order chi connectivity index (χ0) is 14.5. The summed E-state index contributed by atoms with van der Waals surface area (Å²) in [6.45, 7) is 2.50. The minimum atomic E-state index is 0.375. The highest BCUT2D eigenvalue weighted by Crippen LogP contribution is 2.20. The van der Waals surface area contributed by atoms with Crippen LogP contribution in [0.5, 0.6) is 0 Å². The number of rotatable bonds is 6. The summed E-state index contributed by atoms with van der Waals surface area (Å²) in [4.78, 5) is 13.3. The van der Waals surface area contributed by atoms with Gasteiger partial charge in [-0.05, 0) is 26.4 Å². The van der Waals surface area contributed by atoms with E-state index in [-0.39, 0.29) is 0 Å². The third-order valence-corrected chi connectivity index (χ3v) is 3.73. The van der Waals surface area contributed by atoms with Crippen LogP contribution in [0.1, 0.15) is 18.7 Å². The number of hydrogen-bond donors (Lipinski definition) is 2. The van der Waals surface area contributed by atoms with Gasteiger partial charge in [0.05, 0.1) is 0 Å². The van der Waals surface area contributed by atoms with Crippen molar-refractivity contribution in [3.8, 4) is 0 Å². The second-order valence-electron chi connectivity index (χ2n) is 5.26. The quantitative estimate of drug-likeness (QED) is 0.578. The Kier molecular flexibility index (Phi) is 5.11. The maximum Gasteiger partial charge on any atom is 0.158 e. The molecule has 1 aromatic rings. The Morgan fingerprint density at radius 1 is 1.55 bits per heavy atom. The second kappa shape index (κ2) is 6.83. The Hall–Kier alpha value is -1.44. The van der Waals surface area contributed by atoms with Crippen LogP contribution in [0.4, 0.5) is 11.6 Å². The van der Waals surface area contributed by atoms with Gasteiger partial charge < -0.3 is 20.0 Å². The molecular weight excluding hydrogens is 256 g/mol. The Balaban J connectivity index is 2.11. The third-order valence-electron chi connectivity index (χ3n) is 3.73. The maximum absolute atomic E-state index is 5.46. The number of likely N-dealkylation sites (tertiary alicyclic amines) is 1. The monoisotopic (exact) mass is 280 g/mol. The molecule has 0 aliphatic carbocycles. The fraction of sp³-hybridized carbons (Fsp3) is 0.692. The highest BCUT2D eigenvalue weighted by Gasteiger charge is 2.22. The van der Waals surface area contributed by atoms with Crippen molar-refractivity contribution in [3.05, 3.63) is 11.9 Å². The molecule has 2 heterocycles. The van der Waals surface area contributed by atoms with Crippen LogP contribution >= 0.6 is 0 Å². The number of nitrogens with zero attached hydrogens (tertiary/aromatic N) is 4. The van der Waals surface area contributed by atoms with Gasteiger partial charge in [-0.2, -0.15) is 0 Å². The van der Waals surface area contributed by atoms with E-state index in [2.05, 4.69) is 32.2 Å². The average Bonchev–Trinajstić information content (AvgIpc) is 2.84. The highest BCUT2D eigenvalue weighted by molar-refractivity contribution is 5.48. The topological polar surface area (TPSA) is 79.5 Å². The normalized spacial score (nSPS) is 19.3. The van der Waals surface area contributed by atoms with Gasteiger partial charge in [-0.15, -0.1) is 0 Å². The lowest BCUT2D eigenvalue weighted by Gasteiger charge is -2.27. The van der Waals surface area contributed by atoms with Gasteiger partial charge in [-0.1, -0.05) is 0 Å². The molecule has 0 amide bonds. The maximum atomic E-state index is 5.46. The minimum Gasteiger partial charge on any atom is -0.377 e. The largest absolute Gasteiger partial charge is 0.377 e. The number of anilines is 2. The Morgan fingerprint density at radius 2 is 2.35 bits per heavy atom. The van der Waals surface area contributed by atoms with Gasteiger partial charge in [0.25, 0.3) is 0 Å². The standard InChI is InChI=1S/C13H24N6O/c1-18-6-4-5-10(18)8-19(2)13-7-11(17-14)15-12(16-13)9-20-3/h7,10H,4-6,8-9,14H2,1-3H3,(H,15,16,17). The van der Waals surface area contributed by atoms with E-state index in [4.69, 9.17) is 10.6 Å². The summed E-state index contributed by atoms with van der Waals surface area (Å²) in [5.41, 5.74) is 2.58. The number of ether oxygens (including phenoxy) is 1. The van der Waals surface area contributed by atoms with Crippen LogP contribution in [0.2, 0.25) is 0 Å². The van der Waals surface area contributed by atoms with Crippen molar-refractivity contribution in [3.63, 3.8) is 0 Å². The van der Waals surface area contributed by atoms with E-state index in [9.17, 15) is 0 Å². The number of nitrogens with two attached hydrogens (primary N) is 1. The number of aromatic nitrogens is 2. The first-order chi connectivity index (χ1) is 9.63. The zero-order valence-electron chi connectivity index (χ0n) is 12.5. The third kappa shape index (κ3) is 3.56. The van der Waals surface area contributed by atoms with Gasteiger partial charge >= 0.3 is 0 Å². The number of likely N-dealkylation sites (N-methyl/N-ethyl adjacent to an activating group) is 2. The molecule has 0 bridgehead atoms. The van der Waals surface area contributed by atoms with E-state index in [0.717, 1.165) is 12.4 Å². The van der Waals surface area contributed by atoms with Gasteiger partial charge in [0, 0.05) is 32.8 Å². The van der Waals surface area contributed by atoms with E-state index in [1.807, 2.05) is 13.1 Å². The Morgan fingerprint density at radius 3 is 2.95 bits per heavy atom. The summed E-state index contributed by atoms with van der Waals surface area (Å²) in [6, 6.07) is 2.43. The van der Waals surface area contributed by atoms with Crippen LogP contribution in [-0.2, 0) is 11.3 Å². The molecule has 1 unspecified atom stereocenters. The molecule has 0 saturated carbocycles. The number of methoxy groups -OCH3 is 1. The van der Waals surface area contributed by atoms with Gasteiger partial charge in [-0.3, -0.25) is 0 Å². The molecule has 20 heavy (non-hydrogen) atoms. The SMILES string of the molecule is COCc1nc(NN)cc(N(C)CC2CCCN2C)n1. The van der Waals surface area contributed by atoms with Crippen molar-refractivity contribution in [1.29, 1.82) is 0 Å². The molecule has 0 spiro atoms. The van der Waals surface area contributed by atoms with Crippen molar-refractivity contribution in [1.82, 2.24) is 14.9 Å². The van der Waals surface area contributed by atoms with Crippen LogP contribution in [0, 0.1) is 0 Å². The zero-order valence-corrected chi connectivity index (χ0v) is 12.5. The van der Waals surface area contributed by atoms with Gasteiger partial charge in [-0.25, -0.2) is 15.8 Å². The lowest BCUT2D eigenvalue weighted by molar-refractivity contribution is 0.178. The lowest BCUT2D eigenvalue weighted by atomic mass is 10.2. The van der Waals surface area contributed by atoms with Gasteiger partial charge in [0.15, 0.2) is 5.82 Å². The Bertz CT molecular complexity index is 441. The molecule has 1 fully saturated rings. The molecule has 1 saturated heterocycles. The summed E-state index contributed by atoms with van der Waals surface area (Å²) in [5.74, 6) is 7.56. The molecule has 1 atom stereocenters. The first kappa shape index (κ1) is 15.0. The van der Waals surface area contributed by atoms with Gasteiger partial charge in [0.1, 0.15) is 18.2 Å².